The van der Waals surface area contributed by atoms with Gasteiger partial charge in [0.05, 0.1) is 0 Å². The third-order valence-electron chi connectivity index (χ3n) is 3.44. The summed E-state index contributed by atoms with van der Waals surface area (Å²) >= 11 is 0. The van der Waals surface area contributed by atoms with Gasteiger partial charge in [-0.25, -0.2) is 4.98 Å². The van der Waals surface area contributed by atoms with Crippen molar-refractivity contribution in [1.82, 2.24) is 9.97 Å². The summed E-state index contributed by atoms with van der Waals surface area (Å²) in [5.41, 5.74) is 4.07. The zero-order valence-corrected chi connectivity index (χ0v) is 12.3. The van der Waals surface area contributed by atoms with E-state index in [4.69, 9.17) is 0 Å². The maximum Gasteiger partial charge on any atom is 0.252 e. The van der Waals surface area contributed by atoms with Crippen LogP contribution in [-0.2, 0) is 6.42 Å². The Kier molecular flexibility index (Phi) is 4.56. The highest BCUT2D eigenvalue weighted by molar-refractivity contribution is 5.59. The second-order valence-corrected chi connectivity index (χ2v) is 5.06. The molecule has 0 aliphatic carbocycles. The van der Waals surface area contributed by atoms with Crippen LogP contribution in [0.4, 0.5) is 11.6 Å². The first-order valence-corrected chi connectivity index (χ1v) is 7.03. The van der Waals surface area contributed by atoms with Gasteiger partial charge in [-0.2, -0.15) is 0 Å². The van der Waals surface area contributed by atoms with Gasteiger partial charge in [-0.1, -0.05) is 25.5 Å². The highest BCUT2D eigenvalue weighted by Crippen LogP contribution is 2.20. The van der Waals surface area contributed by atoms with Gasteiger partial charge in [0.15, 0.2) is 0 Å². The van der Waals surface area contributed by atoms with Crippen molar-refractivity contribution in [3.05, 3.63) is 51.4 Å². The first-order chi connectivity index (χ1) is 9.60. The number of aryl methyl sites for hydroxylation is 2. The molecule has 0 radical (unpaired) electrons. The standard InChI is InChI=1S/C16H21N3O/c1-4-5-8-13-10-15(20)19-16(17-13)18-14-9-6-7-11(2)12(14)3/h6-7,9-10H,4-5,8H2,1-3H3,(H2,17,18,19,20). The van der Waals surface area contributed by atoms with Crippen molar-refractivity contribution in [2.75, 3.05) is 5.32 Å². The average Bonchev–Trinajstić information content (AvgIpc) is 2.41. The lowest BCUT2D eigenvalue weighted by atomic mass is 10.1. The van der Waals surface area contributed by atoms with Crippen LogP contribution in [0.5, 0.6) is 0 Å². The van der Waals surface area contributed by atoms with E-state index in [0.29, 0.717) is 5.95 Å². The maximum absolute atomic E-state index is 11.7. The topological polar surface area (TPSA) is 57.8 Å². The van der Waals surface area contributed by atoms with E-state index in [9.17, 15) is 4.79 Å². The highest BCUT2D eigenvalue weighted by atomic mass is 16.1. The molecule has 1 aromatic carbocycles. The zero-order chi connectivity index (χ0) is 14.5. The molecule has 0 bridgehead atoms. The Morgan fingerprint density at radius 2 is 2.10 bits per heavy atom. The summed E-state index contributed by atoms with van der Waals surface area (Å²) in [6.07, 6.45) is 2.97. The third-order valence-corrected chi connectivity index (χ3v) is 3.44. The first kappa shape index (κ1) is 14.3. The highest BCUT2D eigenvalue weighted by Gasteiger charge is 2.05. The fourth-order valence-electron chi connectivity index (χ4n) is 2.07. The molecule has 0 saturated heterocycles. The molecule has 0 spiro atoms. The predicted octanol–water partition coefficient (Wildman–Crippen LogP) is 3.47. The Labute approximate surface area is 119 Å². The Morgan fingerprint density at radius 1 is 1.30 bits per heavy atom. The van der Waals surface area contributed by atoms with Crippen LogP contribution in [0, 0.1) is 13.8 Å². The predicted molar refractivity (Wildman–Crippen MR) is 82.7 cm³/mol. The van der Waals surface area contributed by atoms with E-state index in [1.807, 2.05) is 12.1 Å². The summed E-state index contributed by atoms with van der Waals surface area (Å²) in [6.45, 7) is 6.24. The number of anilines is 2. The lowest BCUT2D eigenvalue weighted by Gasteiger charge is -2.11. The molecule has 0 unspecified atom stereocenters. The van der Waals surface area contributed by atoms with Gasteiger partial charge in [-0.15, -0.1) is 0 Å². The molecule has 1 heterocycles. The number of hydrogen-bond acceptors (Lipinski definition) is 3. The van der Waals surface area contributed by atoms with E-state index >= 15 is 0 Å². The van der Waals surface area contributed by atoms with E-state index in [0.717, 1.165) is 36.2 Å². The number of aromatic nitrogens is 2. The monoisotopic (exact) mass is 271 g/mol. The van der Waals surface area contributed by atoms with E-state index in [1.54, 1.807) is 6.07 Å². The fourth-order valence-corrected chi connectivity index (χ4v) is 2.07. The average molecular weight is 271 g/mol. The second-order valence-electron chi connectivity index (χ2n) is 5.06. The maximum atomic E-state index is 11.7. The summed E-state index contributed by atoms with van der Waals surface area (Å²) in [7, 11) is 0. The molecule has 1 aromatic heterocycles. The minimum atomic E-state index is -0.112. The van der Waals surface area contributed by atoms with Crippen LogP contribution >= 0.6 is 0 Å². The molecular weight excluding hydrogens is 250 g/mol. The molecule has 0 aliphatic heterocycles. The lowest BCUT2D eigenvalue weighted by Crippen LogP contribution is -2.12. The van der Waals surface area contributed by atoms with Crippen LogP contribution in [-0.4, -0.2) is 9.97 Å². The SMILES string of the molecule is CCCCc1cc(=O)[nH]c(Nc2cccc(C)c2C)n1. The van der Waals surface area contributed by atoms with Gasteiger partial charge in [0.25, 0.3) is 5.56 Å². The van der Waals surface area contributed by atoms with Gasteiger partial charge >= 0.3 is 0 Å². The molecule has 2 aromatic rings. The summed E-state index contributed by atoms with van der Waals surface area (Å²) in [6, 6.07) is 7.61. The van der Waals surface area contributed by atoms with E-state index in [1.165, 1.54) is 5.56 Å². The minimum Gasteiger partial charge on any atom is -0.325 e. The molecule has 2 rings (SSSR count). The molecule has 0 amide bonds. The molecule has 4 nitrogen and oxygen atoms in total. The largest absolute Gasteiger partial charge is 0.325 e. The van der Waals surface area contributed by atoms with Crippen molar-refractivity contribution in [3.8, 4) is 0 Å². The molecule has 20 heavy (non-hydrogen) atoms. The Bertz CT molecular complexity index is 646. The van der Waals surface area contributed by atoms with Crippen LogP contribution in [0.25, 0.3) is 0 Å². The van der Waals surface area contributed by atoms with Crippen molar-refractivity contribution in [3.63, 3.8) is 0 Å². The molecule has 0 fully saturated rings. The van der Waals surface area contributed by atoms with Gasteiger partial charge in [0, 0.05) is 17.4 Å². The summed E-state index contributed by atoms with van der Waals surface area (Å²) in [4.78, 5) is 18.9. The normalized spacial score (nSPS) is 10.6. The number of benzene rings is 1. The minimum absolute atomic E-state index is 0.112. The van der Waals surface area contributed by atoms with Gasteiger partial charge < -0.3 is 5.32 Å². The number of rotatable bonds is 5. The van der Waals surface area contributed by atoms with Gasteiger partial charge in [0.2, 0.25) is 5.95 Å². The van der Waals surface area contributed by atoms with Gasteiger partial charge in [-0.05, 0) is 43.9 Å². The van der Waals surface area contributed by atoms with Crippen LogP contribution < -0.4 is 10.9 Å². The smallest absolute Gasteiger partial charge is 0.252 e. The van der Waals surface area contributed by atoms with E-state index in [-0.39, 0.29) is 5.56 Å². The molecular formula is C16H21N3O. The second kappa shape index (κ2) is 6.37. The number of nitrogens with zero attached hydrogens (tertiary/aromatic N) is 1. The van der Waals surface area contributed by atoms with Gasteiger partial charge in [-0.3, -0.25) is 9.78 Å². The van der Waals surface area contributed by atoms with Crippen LogP contribution in [0.2, 0.25) is 0 Å². The van der Waals surface area contributed by atoms with E-state index < -0.39 is 0 Å². The van der Waals surface area contributed by atoms with Gasteiger partial charge in [0.1, 0.15) is 0 Å². The first-order valence-electron chi connectivity index (χ1n) is 7.03. The summed E-state index contributed by atoms with van der Waals surface area (Å²) in [5.74, 6) is 0.511. The molecule has 2 N–H and O–H groups in total. The Hall–Kier alpha value is -2.10. The number of H-pyrrole nitrogens is 1. The molecule has 106 valence electrons. The van der Waals surface area contributed by atoms with Crippen molar-refractivity contribution in [2.24, 2.45) is 0 Å². The third kappa shape index (κ3) is 3.47. The fraction of sp³-hybridized carbons (Fsp3) is 0.375. The molecule has 0 atom stereocenters. The lowest BCUT2D eigenvalue weighted by molar-refractivity contribution is 0.772. The Balaban J connectivity index is 2.26. The van der Waals surface area contributed by atoms with Crippen molar-refractivity contribution >= 4 is 11.6 Å². The van der Waals surface area contributed by atoms with Crippen molar-refractivity contribution in [1.29, 1.82) is 0 Å². The zero-order valence-electron chi connectivity index (χ0n) is 12.3. The quantitative estimate of drug-likeness (QED) is 0.875. The van der Waals surface area contributed by atoms with Crippen LogP contribution in [0.3, 0.4) is 0 Å². The van der Waals surface area contributed by atoms with Crippen LogP contribution in [0.15, 0.2) is 29.1 Å². The summed E-state index contributed by atoms with van der Waals surface area (Å²) < 4.78 is 0. The van der Waals surface area contributed by atoms with Crippen molar-refractivity contribution in [2.45, 2.75) is 40.0 Å². The number of nitrogens with one attached hydrogen (secondary N) is 2. The number of unbranched alkanes of at least 4 members (excludes halogenated alkanes) is 1. The van der Waals surface area contributed by atoms with Crippen LogP contribution in [0.1, 0.15) is 36.6 Å². The summed E-state index contributed by atoms with van der Waals surface area (Å²) in [5, 5.41) is 3.20. The van der Waals surface area contributed by atoms with E-state index in [2.05, 4.69) is 42.1 Å². The molecule has 0 aliphatic rings. The number of aromatic amines is 1. The molecule has 4 heteroatoms. The molecule has 0 saturated carbocycles. The number of hydrogen-bond donors (Lipinski definition) is 2. The Morgan fingerprint density at radius 3 is 2.85 bits per heavy atom. The van der Waals surface area contributed by atoms with Crippen molar-refractivity contribution < 1.29 is 0 Å².